The third-order valence-corrected chi connectivity index (χ3v) is 5.72. The van der Waals surface area contributed by atoms with Crippen LogP contribution in [-0.2, 0) is 13.0 Å². The summed E-state index contributed by atoms with van der Waals surface area (Å²) in [5, 5.41) is 19.1. The molecule has 2 aromatic heterocycles. The maximum absolute atomic E-state index is 13.3. The first kappa shape index (κ1) is 19.3. The summed E-state index contributed by atoms with van der Waals surface area (Å²) in [7, 11) is 0. The molecule has 4 aromatic rings. The number of carbonyl (C=O) groups is 1. The molecular formula is C24H15N5O3. The number of oxazole rings is 1. The second kappa shape index (κ2) is 7.53. The Bertz CT molecular complexity index is 1490. The van der Waals surface area contributed by atoms with Crippen LogP contribution in [0.2, 0.25) is 0 Å². The average molecular weight is 421 g/mol. The zero-order valence-corrected chi connectivity index (χ0v) is 16.7. The molecule has 1 N–H and O–H groups in total. The Kier molecular flexibility index (Phi) is 4.54. The van der Waals surface area contributed by atoms with Gasteiger partial charge in [-0.3, -0.25) is 14.8 Å². The van der Waals surface area contributed by atoms with Gasteiger partial charge in [0.25, 0.3) is 5.91 Å². The Balaban J connectivity index is 1.57. The van der Waals surface area contributed by atoms with Crippen molar-refractivity contribution in [3.05, 3.63) is 98.8 Å². The molecule has 0 bridgehead atoms. The summed E-state index contributed by atoms with van der Waals surface area (Å²) in [5.41, 5.74) is 4.43. The third-order valence-electron chi connectivity index (χ3n) is 5.72. The lowest BCUT2D eigenvalue weighted by Gasteiger charge is -2.26. The highest BCUT2D eigenvalue weighted by atomic mass is 16.4. The predicted molar refractivity (Wildman–Crippen MR) is 113 cm³/mol. The summed E-state index contributed by atoms with van der Waals surface area (Å²) in [6.07, 6.45) is 3.18. The smallest absolute Gasteiger partial charge is 0.408 e. The SMILES string of the molecule is N#Cc1cncc(C#N)c1CC1c2ccccc2C(=O)N1Cc1ccc2[nH]c(=O)oc2c1. The highest BCUT2D eigenvalue weighted by Gasteiger charge is 2.37. The van der Waals surface area contributed by atoms with Crippen molar-refractivity contribution in [3.63, 3.8) is 0 Å². The van der Waals surface area contributed by atoms with Crippen molar-refractivity contribution in [3.8, 4) is 12.1 Å². The highest BCUT2D eigenvalue weighted by Crippen LogP contribution is 2.38. The van der Waals surface area contributed by atoms with Crippen LogP contribution in [0.1, 0.15) is 44.2 Å². The Labute approximate surface area is 182 Å². The van der Waals surface area contributed by atoms with Crippen LogP contribution < -0.4 is 5.76 Å². The van der Waals surface area contributed by atoms with E-state index in [2.05, 4.69) is 22.1 Å². The fourth-order valence-corrected chi connectivity index (χ4v) is 4.23. The first-order chi connectivity index (χ1) is 15.6. The number of carbonyl (C=O) groups excluding carboxylic acids is 1. The first-order valence-corrected chi connectivity index (χ1v) is 9.87. The Morgan fingerprint density at radius 2 is 1.81 bits per heavy atom. The zero-order valence-electron chi connectivity index (χ0n) is 16.7. The van der Waals surface area contributed by atoms with E-state index in [0.29, 0.717) is 39.8 Å². The van der Waals surface area contributed by atoms with E-state index in [1.54, 1.807) is 23.1 Å². The van der Waals surface area contributed by atoms with Crippen molar-refractivity contribution >= 4 is 17.0 Å². The van der Waals surface area contributed by atoms with Crippen LogP contribution in [0.25, 0.3) is 11.1 Å². The molecule has 1 aliphatic heterocycles. The van der Waals surface area contributed by atoms with E-state index in [-0.39, 0.29) is 18.5 Å². The van der Waals surface area contributed by atoms with Crippen LogP contribution in [0, 0.1) is 22.7 Å². The Morgan fingerprint density at radius 3 is 2.56 bits per heavy atom. The summed E-state index contributed by atoms with van der Waals surface area (Å²) < 4.78 is 5.15. The van der Waals surface area contributed by atoms with E-state index in [9.17, 15) is 20.1 Å². The second-order valence-corrected chi connectivity index (χ2v) is 7.52. The largest absolute Gasteiger partial charge is 0.417 e. The van der Waals surface area contributed by atoms with Crippen molar-refractivity contribution < 1.29 is 9.21 Å². The van der Waals surface area contributed by atoms with Crippen LogP contribution in [0.15, 0.2) is 64.1 Å². The lowest BCUT2D eigenvalue weighted by atomic mass is 9.93. The molecule has 1 amide bonds. The molecule has 8 nitrogen and oxygen atoms in total. The molecule has 0 saturated carbocycles. The number of amides is 1. The quantitative estimate of drug-likeness (QED) is 0.539. The fraction of sp³-hybridized carbons (Fsp3) is 0.125. The number of pyridine rings is 1. The van der Waals surface area contributed by atoms with Gasteiger partial charge >= 0.3 is 5.76 Å². The van der Waals surface area contributed by atoms with E-state index < -0.39 is 5.76 Å². The molecule has 0 aliphatic carbocycles. The van der Waals surface area contributed by atoms with Crippen molar-refractivity contribution in [2.24, 2.45) is 0 Å². The number of nitrogens with zero attached hydrogens (tertiary/aromatic N) is 4. The predicted octanol–water partition coefficient (Wildman–Crippen LogP) is 3.20. The standard InChI is InChI=1S/C24H15N5O3/c25-9-15-11-27-12-16(10-26)19(15)8-21-17-3-1-2-4-18(17)23(30)29(21)13-14-5-6-20-22(7-14)32-24(31)28-20/h1-7,11-12,21H,8,13H2,(H,28,31). The number of rotatable bonds is 4. The Morgan fingerprint density at radius 1 is 1.06 bits per heavy atom. The van der Waals surface area contributed by atoms with Crippen LogP contribution in [0.4, 0.5) is 0 Å². The second-order valence-electron chi connectivity index (χ2n) is 7.52. The summed E-state index contributed by atoms with van der Waals surface area (Å²) in [4.78, 5) is 33.1. The molecule has 8 heteroatoms. The highest BCUT2D eigenvalue weighted by molar-refractivity contribution is 5.99. The lowest BCUT2D eigenvalue weighted by Crippen LogP contribution is -2.29. The van der Waals surface area contributed by atoms with Crippen molar-refractivity contribution in [2.75, 3.05) is 0 Å². The number of fused-ring (bicyclic) bond motifs is 2. The van der Waals surface area contributed by atoms with Gasteiger partial charge in [0.05, 0.1) is 22.7 Å². The molecule has 0 radical (unpaired) electrons. The van der Waals surface area contributed by atoms with Gasteiger partial charge in [-0.1, -0.05) is 24.3 Å². The molecule has 1 atom stereocenters. The van der Waals surface area contributed by atoms with Crippen LogP contribution in [0.3, 0.4) is 0 Å². The number of H-pyrrole nitrogens is 1. The van der Waals surface area contributed by atoms with Gasteiger partial charge in [-0.05, 0) is 41.3 Å². The lowest BCUT2D eigenvalue weighted by molar-refractivity contribution is 0.0709. The van der Waals surface area contributed by atoms with Crippen molar-refractivity contribution in [2.45, 2.75) is 19.0 Å². The van der Waals surface area contributed by atoms with Gasteiger partial charge < -0.3 is 9.32 Å². The van der Waals surface area contributed by atoms with E-state index in [4.69, 9.17) is 4.42 Å². The summed E-state index contributed by atoms with van der Waals surface area (Å²) >= 11 is 0. The number of benzene rings is 2. The van der Waals surface area contributed by atoms with Gasteiger partial charge in [0, 0.05) is 24.5 Å². The minimum Gasteiger partial charge on any atom is -0.408 e. The van der Waals surface area contributed by atoms with Gasteiger partial charge in [0.1, 0.15) is 12.1 Å². The minimum atomic E-state index is -0.537. The number of nitriles is 2. The van der Waals surface area contributed by atoms with Crippen LogP contribution >= 0.6 is 0 Å². The molecule has 0 spiro atoms. The van der Waals surface area contributed by atoms with Gasteiger partial charge in [-0.2, -0.15) is 10.5 Å². The topological polar surface area (TPSA) is 127 Å². The molecule has 1 aliphatic rings. The molecule has 0 fully saturated rings. The van der Waals surface area contributed by atoms with Crippen molar-refractivity contribution in [1.29, 1.82) is 10.5 Å². The van der Waals surface area contributed by atoms with Gasteiger partial charge in [-0.25, -0.2) is 4.79 Å². The third kappa shape index (κ3) is 3.11. The van der Waals surface area contributed by atoms with Gasteiger partial charge in [0.15, 0.2) is 5.58 Å². The molecule has 1 unspecified atom stereocenters. The number of hydrogen-bond acceptors (Lipinski definition) is 6. The molecule has 5 rings (SSSR count). The molecule has 32 heavy (non-hydrogen) atoms. The molecule has 0 saturated heterocycles. The molecular weight excluding hydrogens is 406 g/mol. The number of aromatic amines is 1. The molecule has 154 valence electrons. The van der Waals surface area contributed by atoms with Crippen molar-refractivity contribution in [1.82, 2.24) is 14.9 Å². The normalized spacial score (nSPS) is 14.9. The van der Waals surface area contributed by atoms with E-state index in [1.165, 1.54) is 12.4 Å². The molecule has 2 aromatic carbocycles. The van der Waals surface area contributed by atoms with Gasteiger partial charge in [-0.15, -0.1) is 0 Å². The number of nitrogens with one attached hydrogen (secondary N) is 1. The summed E-state index contributed by atoms with van der Waals surface area (Å²) in [6, 6.07) is 16.5. The molecule has 3 heterocycles. The average Bonchev–Trinajstić information content (AvgIpc) is 3.31. The summed E-state index contributed by atoms with van der Waals surface area (Å²) in [6.45, 7) is 0.276. The van der Waals surface area contributed by atoms with Crippen LogP contribution in [0.5, 0.6) is 0 Å². The zero-order chi connectivity index (χ0) is 22.2. The summed E-state index contributed by atoms with van der Waals surface area (Å²) in [5.74, 6) is -0.669. The van der Waals surface area contributed by atoms with E-state index in [0.717, 1.165) is 11.1 Å². The monoisotopic (exact) mass is 421 g/mol. The van der Waals surface area contributed by atoms with Crippen LogP contribution in [-0.4, -0.2) is 20.8 Å². The maximum Gasteiger partial charge on any atom is 0.417 e. The maximum atomic E-state index is 13.3. The minimum absolute atomic E-state index is 0.132. The number of hydrogen-bond donors (Lipinski definition) is 1. The first-order valence-electron chi connectivity index (χ1n) is 9.87. The Hall–Kier alpha value is -4.69. The number of aromatic nitrogens is 2. The fourth-order valence-electron chi connectivity index (χ4n) is 4.23. The van der Waals surface area contributed by atoms with Gasteiger partial charge in [0.2, 0.25) is 0 Å². The van der Waals surface area contributed by atoms with E-state index in [1.807, 2.05) is 24.3 Å². The van der Waals surface area contributed by atoms with E-state index >= 15 is 0 Å².